The van der Waals surface area contributed by atoms with Crippen molar-refractivity contribution in [3.8, 4) is 11.5 Å². The van der Waals surface area contributed by atoms with Crippen molar-refractivity contribution in [3.05, 3.63) is 59.5 Å². The normalized spacial score (nSPS) is 20.7. The molecular weight excluding hydrogens is 314 g/mol. The molecule has 3 aromatic heterocycles. The number of hydrogen-bond donors (Lipinski definition) is 1. The molecule has 0 bridgehead atoms. The van der Waals surface area contributed by atoms with Crippen LogP contribution >= 0.6 is 11.6 Å². The maximum Gasteiger partial charge on any atom is 0.247 e. The van der Waals surface area contributed by atoms with Gasteiger partial charge in [0, 0.05) is 29.7 Å². The topological polar surface area (TPSA) is 76.7 Å². The molecule has 1 saturated heterocycles. The zero-order valence-electron chi connectivity index (χ0n) is 12.2. The third kappa shape index (κ3) is 2.40. The van der Waals surface area contributed by atoms with Crippen LogP contribution in [-0.2, 0) is 5.54 Å². The highest BCUT2D eigenvalue weighted by molar-refractivity contribution is 6.30. The van der Waals surface area contributed by atoms with Crippen LogP contribution < -0.4 is 5.32 Å². The Hall–Kier alpha value is -2.31. The maximum absolute atomic E-state index is 6.32. The molecule has 1 fully saturated rings. The average molecular weight is 328 g/mol. The van der Waals surface area contributed by atoms with E-state index in [1.807, 2.05) is 24.3 Å². The number of hydrogen-bond acceptors (Lipinski definition) is 6. The molecule has 1 aliphatic rings. The molecule has 4 heterocycles. The fourth-order valence-electron chi connectivity index (χ4n) is 2.98. The summed E-state index contributed by atoms with van der Waals surface area (Å²) < 4.78 is 5.97. The molecule has 0 radical (unpaired) electrons. The Morgan fingerprint density at radius 1 is 1.13 bits per heavy atom. The van der Waals surface area contributed by atoms with Crippen LogP contribution in [0.1, 0.15) is 24.3 Å². The standard InChI is InChI=1S/C16H14ClN5O/c17-13-12(3-1-7-19-13)16(6-2-8-20-16)15-22-21-14(23-15)11-4-9-18-10-5-11/h1,3-5,7,9-10,20H,2,6,8H2. The first-order valence-corrected chi connectivity index (χ1v) is 7.78. The van der Waals surface area contributed by atoms with Gasteiger partial charge < -0.3 is 4.42 Å². The van der Waals surface area contributed by atoms with E-state index in [2.05, 4.69) is 25.5 Å². The SMILES string of the molecule is Clc1ncccc1C1(c2nnc(-c3ccncc3)o2)CCCN1. The van der Waals surface area contributed by atoms with Gasteiger partial charge in [0.2, 0.25) is 11.8 Å². The zero-order valence-corrected chi connectivity index (χ0v) is 13.0. The van der Waals surface area contributed by atoms with Crippen LogP contribution in [0.2, 0.25) is 5.15 Å². The number of halogens is 1. The van der Waals surface area contributed by atoms with E-state index >= 15 is 0 Å². The van der Waals surface area contributed by atoms with Gasteiger partial charge in [-0.2, -0.15) is 0 Å². The second-order valence-corrected chi connectivity index (χ2v) is 5.78. The lowest BCUT2D eigenvalue weighted by molar-refractivity contribution is 0.349. The predicted octanol–water partition coefficient (Wildman–Crippen LogP) is 2.81. The number of nitrogens with one attached hydrogen (secondary N) is 1. The quantitative estimate of drug-likeness (QED) is 0.745. The van der Waals surface area contributed by atoms with E-state index in [0.717, 1.165) is 30.5 Å². The van der Waals surface area contributed by atoms with Gasteiger partial charge in [-0.25, -0.2) is 4.98 Å². The Labute approximate surface area is 137 Å². The lowest BCUT2D eigenvalue weighted by Crippen LogP contribution is -2.38. The molecule has 1 unspecified atom stereocenters. The Morgan fingerprint density at radius 3 is 2.74 bits per heavy atom. The highest BCUT2D eigenvalue weighted by atomic mass is 35.5. The van der Waals surface area contributed by atoms with Crippen LogP contribution in [0.3, 0.4) is 0 Å². The Bertz CT molecular complexity index is 814. The zero-order chi connectivity index (χ0) is 15.7. The summed E-state index contributed by atoms with van der Waals surface area (Å²) in [4.78, 5) is 8.19. The van der Waals surface area contributed by atoms with Crippen LogP contribution in [0.25, 0.3) is 11.5 Å². The first-order chi connectivity index (χ1) is 11.3. The van der Waals surface area contributed by atoms with Gasteiger partial charge in [0.25, 0.3) is 0 Å². The van der Waals surface area contributed by atoms with E-state index < -0.39 is 5.54 Å². The molecule has 3 aromatic rings. The summed E-state index contributed by atoms with van der Waals surface area (Å²) >= 11 is 6.32. The number of aromatic nitrogens is 4. The summed E-state index contributed by atoms with van der Waals surface area (Å²) in [6, 6.07) is 7.49. The van der Waals surface area contributed by atoms with Crippen molar-refractivity contribution in [2.75, 3.05) is 6.54 Å². The molecule has 1 atom stereocenters. The van der Waals surface area contributed by atoms with Crippen LogP contribution in [0.15, 0.2) is 47.3 Å². The van der Waals surface area contributed by atoms with Crippen molar-refractivity contribution in [2.45, 2.75) is 18.4 Å². The Morgan fingerprint density at radius 2 is 2.00 bits per heavy atom. The van der Waals surface area contributed by atoms with Crippen molar-refractivity contribution < 1.29 is 4.42 Å². The summed E-state index contributed by atoms with van der Waals surface area (Å²) in [5, 5.41) is 12.4. The van der Waals surface area contributed by atoms with E-state index in [1.165, 1.54) is 0 Å². The predicted molar refractivity (Wildman–Crippen MR) is 84.8 cm³/mol. The van der Waals surface area contributed by atoms with Crippen LogP contribution in [0.5, 0.6) is 0 Å². The summed E-state index contributed by atoms with van der Waals surface area (Å²) in [6.45, 7) is 0.859. The first kappa shape index (κ1) is 14.3. The summed E-state index contributed by atoms with van der Waals surface area (Å²) in [6.07, 6.45) is 6.89. The first-order valence-electron chi connectivity index (χ1n) is 7.40. The van der Waals surface area contributed by atoms with Crippen LogP contribution in [0.4, 0.5) is 0 Å². The van der Waals surface area contributed by atoms with Crippen LogP contribution in [-0.4, -0.2) is 26.7 Å². The summed E-state index contributed by atoms with van der Waals surface area (Å²) in [5.41, 5.74) is 1.12. The maximum atomic E-state index is 6.32. The van der Waals surface area contributed by atoms with Gasteiger partial charge in [-0.3, -0.25) is 10.3 Å². The Balaban J connectivity index is 1.81. The molecule has 4 rings (SSSR count). The Kier molecular flexibility index (Phi) is 3.55. The molecular formula is C16H14ClN5O. The summed E-state index contributed by atoms with van der Waals surface area (Å²) in [7, 11) is 0. The van der Waals surface area contributed by atoms with Gasteiger partial charge >= 0.3 is 0 Å². The fraction of sp³-hybridized carbons (Fsp3) is 0.250. The minimum Gasteiger partial charge on any atom is -0.418 e. The minimum absolute atomic E-state index is 0.450. The number of rotatable bonds is 3. The van der Waals surface area contributed by atoms with Crippen molar-refractivity contribution in [2.24, 2.45) is 0 Å². The molecule has 0 spiro atoms. The van der Waals surface area contributed by atoms with Gasteiger partial charge in [0.1, 0.15) is 10.7 Å². The van der Waals surface area contributed by atoms with E-state index in [9.17, 15) is 0 Å². The third-order valence-corrected chi connectivity index (χ3v) is 4.39. The third-order valence-electron chi connectivity index (χ3n) is 4.09. The van der Waals surface area contributed by atoms with Crippen molar-refractivity contribution in [3.63, 3.8) is 0 Å². The fourth-order valence-corrected chi connectivity index (χ4v) is 3.26. The van der Waals surface area contributed by atoms with Crippen molar-refractivity contribution in [1.29, 1.82) is 0 Å². The highest BCUT2D eigenvalue weighted by Gasteiger charge is 2.44. The molecule has 1 aliphatic heterocycles. The molecule has 0 aliphatic carbocycles. The van der Waals surface area contributed by atoms with Gasteiger partial charge in [-0.05, 0) is 37.6 Å². The molecule has 0 aromatic carbocycles. The lowest BCUT2D eigenvalue weighted by atomic mass is 9.89. The molecule has 0 saturated carbocycles. The molecule has 7 heteroatoms. The van der Waals surface area contributed by atoms with E-state index in [1.54, 1.807) is 18.6 Å². The lowest BCUT2D eigenvalue weighted by Gasteiger charge is -2.26. The molecule has 1 N–H and O–H groups in total. The smallest absolute Gasteiger partial charge is 0.247 e. The molecule has 23 heavy (non-hydrogen) atoms. The molecule has 0 amide bonds. The van der Waals surface area contributed by atoms with Gasteiger partial charge in [0.15, 0.2) is 0 Å². The largest absolute Gasteiger partial charge is 0.418 e. The number of nitrogens with zero attached hydrogens (tertiary/aromatic N) is 4. The van der Waals surface area contributed by atoms with Crippen LogP contribution in [0, 0.1) is 0 Å². The highest BCUT2D eigenvalue weighted by Crippen LogP contribution is 2.40. The van der Waals surface area contributed by atoms with E-state index in [-0.39, 0.29) is 0 Å². The van der Waals surface area contributed by atoms with Gasteiger partial charge in [-0.1, -0.05) is 17.7 Å². The van der Waals surface area contributed by atoms with Gasteiger partial charge in [-0.15, -0.1) is 10.2 Å². The molecule has 116 valence electrons. The minimum atomic E-state index is -0.580. The van der Waals surface area contributed by atoms with E-state index in [4.69, 9.17) is 16.0 Å². The second-order valence-electron chi connectivity index (χ2n) is 5.43. The number of pyridine rings is 2. The molecule has 6 nitrogen and oxygen atoms in total. The summed E-state index contributed by atoms with van der Waals surface area (Å²) in [5.74, 6) is 0.979. The second kappa shape index (κ2) is 5.72. The van der Waals surface area contributed by atoms with Crippen molar-refractivity contribution >= 4 is 11.6 Å². The van der Waals surface area contributed by atoms with Crippen molar-refractivity contribution in [1.82, 2.24) is 25.5 Å². The average Bonchev–Trinajstić information content (AvgIpc) is 3.26. The van der Waals surface area contributed by atoms with Gasteiger partial charge in [0.05, 0.1) is 0 Å². The monoisotopic (exact) mass is 327 g/mol. The van der Waals surface area contributed by atoms with E-state index in [0.29, 0.717) is 16.9 Å².